The third-order valence-corrected chi connectivity index (χ3v) is 6.18. The number of methoxy groups -OCH3 is 1. The second-order valence-corrected chi connectivity index (χ2v) is 8.21. The average Bonchev–Trinajstić information content (AvgIpc) is 2.55. The lowest BCUT2D eigenvalue weighted by Gasteiger charge is -2.29. The van der Waals surface area contributed by atoms with Gasteiger partial charge >= 0.3 is 0 Å². The molecule has 2 aromatic rings. The van der Waals surface area contributed by atoms with Crippen molar-refractivity contribution in [3.8, 4) is 0 Å². The summed E-state index contributed by atoms with van der Waals surface area (Å²) in [5.74, 6) is 0. The topological polar surface area (TPSA) is 55.4 Å². The molecule has 130 valence electrons. The molecule has 0 saturated heterocycles. The Morgan fingerprint density at radius 2 is 1.83 bits per heavy atom. The fourth-order valence-corrected chi connectivity index (χ4v) is 4.11. The van der Waals surface area contributed by atoms with Crippen LogP contribution in [0.3, 0.4) is 0 Å². The Bertz CT molecular complexity index is 839. The van der Waals surface area contributed by atoms with Crippen molar-refractivity contribution in [1.82, 2.24) is 4.72 Å². The Hall–Kier alpha value is -1.11. The van der Waals surface area contributed by atoms with Gasteiger partial charge in [0.05, 0.1) is 4.90 Å². The number of halogens is 2. The average molecular weight is 388 g/mol. The highest BCUT2D eigenvalue weighted by Crippen LogP contribution is 2.28. The van der Waals surface area contributed by atoms with Gasteiger partial charge in [0.1, 0.15) is 5.60 Å². The quantitative estimate of drug-likeness (QED) is 0.809. The van der Waals surface area contributed by atoms with Crippen molar-refractivity contribution in [3.63, 3.8) is 0 Å². The van der Waals surface area contributed by atoms with Gasteiger partial charge in [0.15, 0.2) is 0 Å². The van der Waals surface area contributed by atoms with Gasteiger partial charge in [-0.25, -0.2) is 13.1 Å². The monoisotopic (exact) mass is 387 g/mol. The molecule has 2 aromatic carbocycles. The number of rotatable bonds is 6. The zero-order valence-electron chi connectivity index (χ0n) is 13.6. The second-order valence-electron chi connectivity index (χ2n) is 5.63. The van der Waals surface area contributed by atoms with Crippen LogP contribution in [-0.4, -0.2) is 22.1 Å². The summed E-state index contributed by atoms with van der Waals surface area (Å²) in [6, 6.07) is 11.9. The van der Waals surface area contributed by atoms with E-state index in [0.717, 1.165) is 5.56 Å². The van der Waals surface area contributed by atoms with E-state index in [1.165, 1.54) is 13.2 Å². The van der Waals surface area contributed by atoms with Crippen molar-refractivity contribution in [2.45, 2.75) is 24.3 Å². The minimum absolute atomic E-state index is 0.0537. The van der Waals surface area contributed by atoms with E-state index in [4.69, 9.17) is 27.9 Å². The van der Waals surface area contributed by atoms with E-state index < -0.39 is 15.6 Å². The van der Waals surface area contributed by atoms with Gasteiger partial charge in [-0.2, -0.15) is 0 Å². The number of benzene rings is 2. The third kappa shape index (κ3) is 4.10. The maximum Gasteiger partial charge on any atom is 0.240 e. The Kier molecular flexibility index (Phi) is 5.94. The molecule has 0 saturated carbocycles. The first-order chi connectivity index (χ1) is 11.2. The standard InChI is InChI=1S/C17H19Cl2NO3S/c1-12-15(19)8-5-9-16(12)24(21,22)20-11-17(2,23-3)13-6-4-7-14(18)10-13/h4-10,20H,11H2,1-3H3. The number of hydrogen-bond acceptors (Lipinski definition) is 3. The summed E-state index contributed by atoms with van der Waals surface area (Å²) in [5, 5.41) is 0.964. The maximum atomic E-state index is 12.6. The second kappa shape index (κ2) is 7.42. The molecule has 0 fully saturated rings. The lowest BCUT2D eigenvalue weighted by molar-refractivity contribution is 0.00698. The molecule has 0 heterocycles. The third-order valence-electron chi connectivity index (χ3n) is 3.99. The van der Waals surface area contributed by atoms with Crippen molar-refractivity contribution in [2.24, 2.45) is 0 Å². The van der Waals surface area contributed by atoms with Crippen LogP contribution in [0.2, 0.25) is 10.0 Å². The summed E-state index contributed by atoms with van der Waals surface area (Å²) in [7, 11) is -2.19. The van der Waals surface area contributed by atoms with Crippen LogP contribution in [0.4, 0.5) is 0 Å². The van der Waals surface area contributed by atoms with Crippen LogP contribution < -0.4 is 4.72 Å². The van der Waals surface area contributed by atoms with Gasteiger partial charge in [0.25, 0.3) is 0 Å². The molecular formula is C17H19Cl2NO3S. The molecule has 0 spiro atoms. The van der Waals surface area contributed by atoms with Crippen molar-refractivity contribution in [3.05, 3.63) is 63.6 Å². The highest BCUT2D eigenvalue weighted by Gasteiger charge is 2.29. The highest BCUT2D eigenvalue weighted by atomic mass is 35.5. The summed E-state index contributed by atoms with van der Waals surface area (Å²) in [4.78, 5) is 0.152. The van der Waals surface area contributed by atoms with Crippen LogP contribution in [0.5, 0.6) is 0 Å². The van der Waals surface area contributed by atoms with Crippen LogP contribution >= 0.6 is 23.2 Å². The molecule has 4 nitrogen and oxygen atoms in total. The van der Waals surface area contributed by atoms with Crippen LogP contribution in [0.25, 0.3) is 0 Å². The Labute approximate surface area is 152 Å². The van der Waals surface area contributed by atoms with Gasteiger partial charge < -0.3 is 4.74 Å². The Balaban J connectivity index is 2.28. The molecule has 0 aliphatic rings. The summed E-state index contributed by atoms with van der Waals surface area (Å²) in [6.45, 7) is 3.52. The molecule has 0 aromatic heterocycles. The minimum Gasteiger partial charge on any atom is -0.372 e. The molecule has 1 N–H and O–H groups in total. The molecule has 24 heavy (non-hydrogen) atoms. The van der Waals surface area contributed by atoms with Crippen molar-refractivity contribution in [1.29, 1.82) is 0 Å². The normalized spacial score (nSPS) is 14.4. The van der Waals surface area contributed by atoms with E-state index in [9.17, 15) is 8.42 Å². The fourth-order valence-electron chi connectivity index (χ4n) is 2.30. The predicted molar refractivity (Wildman–Crippen MR) is 97.2 cm³/mol. The van der Waals surface area contributed by atoms with E-state index >= 15 is 0 Å². The Morgan fingerprint density at radius 3 is 2.46 bits per heavy atom. The summed E-state index contributed by atoms with van der Waals surface area (Å²) >= 11 is 12.0. The van der Waals surface area contributed by atoms with Gasteiger partial charge in [-0.3, -0.25) is 0 Å². The predicted octanol–water partition coefficient (Wildman–Crippen LogP) is 4.14. The molecule has 2 rings (SSSR count). The van der Waals surface area contributed by atoms with Gasteiger partial charge in [-0.05, 0) is 49.2 Å². The minimum atomic E-state index is -3.72. The summed E-state index contributed by atoms with van der Waals surface area (Å²) in [6.07, 6.45) is 0. The molecule has 7 heteroatoms. The Morgan fingerprint density at radius 1 is 1.17 bits per heavy atom. The number of ether oxygens (including phenoxy) is 1. The molecule has 0 radical (unpaired) electrons. The van der Waals surface area contributed by atoms with Gasteiger partial charge in [-0.1, -0.05) is 41.4 Å². The van der Waals surface area contributed by atoms with E-state index in [0.29, 0.717) is 15.6 Å². The molecular weight excluding hydrogens is 369 g/mol. The first-order valence-electron chi connectivity index (χ1n) is 7.25. The van der Waals surface area contributed by atoms with E-state index in [1.807, 2.05) is 6.07 Å². The number of nitrogens with one attached hydrogen (secondary N) is 1. The van der Waals surface area contributed by atoms with Crippen molar-refractivity contribution < 1.29 is 13.2 Å². The fraction of sp³-hybridized carbons (Fsp3) is 0.294. The molecule has 1 unspecified atom stereocenters. The molecule has 0 aliphatic heterocycles. The molecule has 0 bridgehead atoms. The van der Waals surface area contributed by atoms with Gasteiger partial charge in [-0.15, -0.1) is 0 Å². The molecule has 1 atom stereocenters. The lowest BCUT2D eigenvalue weighted by atomic mass is 9.96. The molecule has 0 amide bonds. The van der Waals surface area contributed by atoms with E-state index in [-0.39, 0.29) is 11.4 Å². The van der Waals surface area contributed by atoms with E-state index in [2.05, 4.69) is 4.72 Å². The SMILES string of the molecule is COC(C)(CNS(=O)(=O)c1cccc(Cl)c1C)c1cccc(Cl)c1. The maximum absolute atomic E-state index is 12.6. The van der Waals surface area contributed by atoms with Crippen LogP contribution in [0, 0.1) is 6.92 Å². The smallest absolute Gasteiger partial charge is 0.240 e. The van der Waals surface area contributed by atoms with Crippen LogP contribution in [0.15, 0.2) is 47.4 Å². The van der Waals surface area contributed by atoms with E-state index in [1.54, 1.807) is 44.2 Å². The molecule has 0 aliphatic carbocycles. The summed E-state index contributed by atoms with van der Waals surface area (Å²) < 4.78 is 33.4. The van der Waals surface area contributed by atoms with Gasteiger partial charge in [0, 0.05) is 23.7 Å². The first-order valence-corrected chi connectivity index (χ1v) is 9.49. The zero-order chi connectivity index (χ0) is 18.0. The first kappa shape index (κ1) is 19.2. The zero-order valence-corrected chi connectivity index (χ0v) is 16.0. The lowest BCUT2D eigenvalue weighted by Crippen LogP contribution is -2.40. The van der Waals surface area contributed by atoms with Crippen LogP contribution in [-0.2, 0) is 20.4 Å². The van der Waals surface area contributed by atoms with Gasteiger partial charge in [0.2, 0.25) is 10.0 Å². The van der Waals surface area contributed by atoms with Crippen molar-refractivity contribution in [2.75, 3.05) is 13.7 Å². The largest absolute Gasteiger partial charge is 0.372 e. The highest BCUT2D eigenvalue weighted by molar-refractivity contribution is 7.89. The number of hydrogen-bond donors (Lipinski definition) is 1. The van der Waals surface area contributed by atoms with Crippen molar-refractivity contribution >= 4 is 33.2 Å². The summed E-state index contributed by atoms with van der Waals surface area (Å²) in [5.41, 5.74) is 0.432. The number of sulfonamides is 1. The van der Waals surface area contributed by atoms with Crippen LogP contribution in [0.1, 0.15) is 18.1 Å².